The molecule has 2 aromatic rings. The number of alkyl halides is 9. The van der Waals surface area contributed by atoms with Crippen LogP contribution in [-0.4, -0.2) is 63.5 Å². The van der Waals surface area contributed by atoms with Gasteiger partial charge in [0.1, 0.15) is 5.82 Å². The van der Waals surface area contributed by atoms with E-state index in [1.165, 1.54) is 17.0 Å². The quantitative estimate of drug-likeness (QED) is 0.305. The normalized spacial score (nSPS) is 18.5. The number of rotatable bonds is 5. The number of ether oxygens (including phenoxy) is 2. The van der Waals surface area contributed by atoms with Gasteiger partial charge in [-0.2, -0.15) is 39.5 Å². The Labute approximate surface area is 205 Å². The molecule has 0 amide bonds. The maximum atomic E-state index is 13.0. The summed E-state index contributed by atoms with van der Waals surface area (Å²) in [7, 11) is 0. The smallest absolute Gasteiger partial charge is 0.399 e. The van der Waals surface area contributed by atoms with Crippen LogP contribution >= 0.6 is 0 Å². The molecule has 0 saturated carbocycles. The van der Waals surface area contributed by atoms with Crippen LogP contribution in [0.3, 0.4) is 0 Å². The highest BCUT2D eigenvalue weighted by atomic mass is 19.4. The molecular weight excluding hydrogens is 549 g/mol. The summed E-state index contributed by atoms with van der Waals surface area (Å²) >= 11 is 0. The largest absolute Gasteiger partial charge is 0.492 e. The van der Waals surface area contributed by atoms with Crippen molar-refractivity contribution in [1.82, 2.24) is 14.6 Å². The zero-order valence-electron chi connectivity index (χ0n) is 18.4. The molecule has 1 aromatic carbocycles. The van der Waals surface area contributed by atoms with E-state index >= 15 is 0 Å². The van der Waals surface area contributed by atoms with Gasteiger partial charge in [0.25, 0.3) is 0 Å². The van der Waals surface area contributed by atoms with Gasteiger partial charge in [0, 0.05) is 30.5 Å². The highest BCUT2D eigenvalue weighted by Gasteiger charge is 2.60. The molecule has 1 aliphatic rings. The number of hydrogen-bond acceptors (Lipinski definition) is 8. The van der Waals surface area contributed by atoms with Crippen molar-refractivity contribution in [2.24, 2.45) is 0 Å². The summed E-state index contributed by atoms with van der Waals surface area (Å²) in [6, 6.07) is 6.57. The van der Waals surface area contributed by atoms with E-state index in [2.05, 4.69) is 19.3 Å². The lowest BCUT2D eigenvalue weighted by Crippen LogP contribution is -2.62. The van der Waals surface area contributed by atoms with Crippen molar-refractivity contribution in [3.05, 3.63) is 42.7 Å². The van der Waals surface area contributed by atoms with Crippen LogP contribution in [0.1, 0.15) is 18.9 Å². The first-order valence-corrected chi connectivity index (χ1v) is 10.2. The number of esters is 2. The van der Waals surface area contributed by atoms with E-state index in [1.807, 2.05) is 0 Å². The van der Waals surface area contributed by atoms with Gasteiger partial charge in [-0.3, -0.25) is 0 Å². The molecule has 38 heavy (non-hydrogen) atoms. The molecule has 0 aliphatic carbocycles. The molecule has 9 nitrogen and oxygen atoms in total. The maximum absolute atomic E-state index is 13.0. The average Bonchev–Trinajstić information content (AvgIpc) is 3.29. The van der Waals surface area contributed by atoms with Gasteiger partial charge in [-0.25, -0.2) is 19.4 Å². The van der Waals surface area contributed by atoms with E-state index in [0.717, 1.165) is 0 Å². The molecular formula is C20H14F9N3O6. The van der Waals surface area contributed by atoms with E-state index in [1.54, 1.807) is 30.3 Å². The van der Waals surface area contributed by atoms with E-state index in [0.29, 0.717) is 5.56 Å². The Bertz CT molecular complexity index is 1150. The second-order valence-corrected chi connectivity index (χ2v) is 7.64. The number of benzene rings is 1. The average molecular weight is 563 g/mol. The molecule has 0 bridgehead atoms. The van der Waals surface area contributed by atoms with E-state index < -0.39 is 72.8 Å². The van der Waals surface area contributed by atoms with Crippen molar-refractivity contribution in [3.8, 4) is 11.4 Å². The van der Waals surface area contributed by atoms with Crippen molar-refractivity contribution in [2.45, 2.75) is 43.3 Å². The van der Waals surface area contributed by atoms with Gasteiger partial charge in [-0.15, -0.1) is 0 Å². The summed E-state index contributed by atoms with van der Waals surface area (Å²) < 4.78 is 126. The van der Waals surface area contributed by atoms with Gasteiger partial charge in [0.15, 0.2) is 0 Å². The summed E-state index contributed by atoms with van der Waals surface area (Å²) in [6.45, 7) is -1.07. The number of nitrogens with zero attached hydrogens (tertiary/aromatic N) is 3. The lowest BCUT2D eigenvalue weighted by atomic mass is 10.0. The first kappa shape index (κ1) is 28.7. The minimum Gasteiger partial charge on any atom is -0.399 e. The number of hydrogen-bond donors (Lipinski definition) is 0. The van der Waals surface area contributed by atoms with Gasteiger partial charge in [0.2, 0.25) is 0 Å². The summed E-state index contributed by atoms with van der Waals surface area (Å²) in [5.41, 5.74) is 0.411. The van der Waals surface area contributed by atoms with Crippen LogP contribution in [-0.2, 0) is 28.7 Å². The Hall–Kier alpha value is -3.83. The van der Waals surface area contributed by atoms with Crippen LogP contribution in [0.2, 0.25) is 0 Å². The summed E-state index contributed by atoms with van der Waals surface area (Å²) in [5.74, 6) is -13.4. The number of piperidine rings is 1. The maximum Gasteiger partial charge on any atom is 0.492 e. The van der Waals surface area contributed by atoms with Crippen molar-refractivity contribution in [2.75, 3.05) is 6.54 Å². The Balaban J connectivity index is 2.10. The third kappa shape index (κ3) is 6.35. The van der Waals surface area contributed by atoms with E-state index in [-0.39, 0.29) is 5.82 Å². The SMILES string of the molecule is O=C(ON1CCC(n2ccnc2-c2ccccc2)CC1(OC(=O)C(F)(F)F)OC(=O)C(F)(F)F)C(F)(F)F. The summed E-state index contributed by atoms with van der Waals surface area (Å²) in [4.78, 5) is 42.7. The van der Waals surface area contributed by atoms with Crippen molar-refractivity contribution in [1.29, 1.82) is 0 Å². The lowest BCUT2D eigenvalue weighted by molar-refractivity contribution is -0.398. The zero-order valence-corrected chi connectivity index (χ0v) is 18.4. The third-order valence-corrected chi connectivity index (χ3v) is 5.02. The third-order valence-electron chi connectivity index (χ3n) is 5.02. The highest BCUT2D eigenvalue weighted by Crippen LogP contribution is 2.42. The molecule has 1 aliphatic heterocycles. The number of halogens is 9. The van der Waals surface area contributed by atoms with Crippen molar-refractivity contribution >= 4 is 17.9 Å². The molecule has 1 fully saturated rings. The Morgan fingerprint density at radius 2 is 1.37 bits per heavy atom. The Kier molecular flexibility index (Phi) is 7.67. The van der Waals surface area contributed by atoms with Crippen LogP contribution in [0, 0.1) is 0 Å². The standard InChI is InChI=1S/C20H14F9N3O6/c21-18(22,23)14(33)36-17(37-15(34)19(24,25)26)10-12(6-8-32(17)38-16(35)20(27,28)29)31-9-7-30-13(31)11-4-2-1-3-5-11/h1-5,7,9,12H,6,8,10H2. The number of carbonyl (C=O) groups excluding carboxylic acids is 3. The molecule has 208 valence electrons. The molecule has 1 saturated heterocycles. The minimum atomic E-state index is -5.91. The number of aromatic nitrogens is 2. The molecule has 18 heteroatoms. The lowest BCUT2D eigenvalue weighted by Gasteiger charge is -2.45. The number of carbonyl (C=O) groups is 3. The van der Waals surface area contributed by atoms with Gasteiger partial charge >= 0.3 is 42.3 Å². The fourth-order valence-electron chi connectivity index (χ4n) is 3.47. The van der Waals surface area contributed by atoms with Crippen LogP contribution in [0.25, 0.3) is 11.4 Å². The summed E-state index contributed by atoms with van der Waals surface area (Å²) in [5, 5.41) is -0.494. The van der Waals surface area contributed by atoms with Crippen LogP contribution in [0.5, 0.6) is 0 Å². The Morgan fingerprint density at radius 3 is 1.87 bits per heavy atom. The predicted octanol–water partition coefficient (Wildman–Crippen LogP) is 4.07. The monoisotopic (exact) mass is 563 g/mol. The first-order chi connectivity index (χ1) is 17.4. The van der Waals surface area contributed by atoms with Gasteiger partial charge in [-0.1, -0.05) is 35.4 Å². The first-order valence-electron chi connectivity index (χ1n) is 10.2. The van der Waals surface area contributed by atoms with Crippen molar-refractivity contribution < 1.29 is 68.2 Å². The predicted molar refractivity (Wildman–Crippen MR) is 102 cm³/mol. The van der Waals surface area contributed by atoms with E-state index in [4.69, 9.17) is 0 Å². The van der Waals surface area contributed by atoms with Crippen LogP contribution in [0.4, 0.5) is 39.5 Å². The number of imidazole rings is 1. The second-order valence-electron chi connectivity index (χ2n) is 7.64. The topological polar surface area (TPSA) is 100.0 Å². The molecule has 1 atom stereocenters. The van der Waals surface area contributed by atoms with Crippen LogP contribution in [0.15, 0.2) is 42.7 Å². The molecule has 1 aromatic heterocycles. The minimum absolute atomic E-state index is 0.106. The van der Waals surface area contributed by atoms with Gasteiger partial charge in [-0.05, 0) is 6.42 Å². The molecule has 2 heterocycles. The highest BCUT2D eigenvalue weighted by molar-refractivity contribution is 5.78. The molecule has 0 N–H and O–H groups in total. The van der Waals surface area contributed by atoms with Gasteiger partial charge in [0.05, 0.1) is 6.42 Å². The molecule has 1 unspecified atom stereocenters. The zero-order chi connectivity index (χ0) is 28.5. The second kappa shape index (κ2) is 10.1. The van der Waals surface area contributed by atoms with Crippen LogP contribution < -0.4 is 0 Å². The summed E-state index contributed by atoms with van der Waals surface area (Å²) in [6.07, 6.45) is -16.9. The Morgan fingerprint density at radius 1 is 0.842 bits per heavy atom. The number of hydroxylamine groups is 2. The fraction of sp³-hybridized carbons (Fsp3) is 0.400. The molecule has 0 spiro atoms. The molecule has 0 radical (unpaired) electrons. The van der Waals surface area contributed by atoms with E-state index in [9.17, 15) is 53.9 Å². The fourth-order valence-corrected chi connectivity index (χ4v) is 3.47. The van der Waals surface area contributed by atoms with Gasteiger partial charge < -0.3 is 18.9 Å². The molecule has 3 rings (SSSR count). The van der Waals surface area contributed by atoms with Crippen molar-refractivity contribution in [3.63, 3.8) is 0 Å².